The Morgan fingerprint density at radius 3 is 0.867 bits per heavy atom. The molecule has 562 valence electrons. The number of unbranched alkanes of at least 4 members (excludes halogenated alkanes) is 24. The Morgan fingerprint density at radius 2 is 0.541 bits per heavy atom. The zero-order chi connectivity index (χ0) is 71.8. The predicted molar refractivity (Wildman–Crippen MR) is 399 cm³/mol. The molecule has 19 heteroatoms. The first-order valence-corrected chi connectivity index (χ1v) is 40.8. The van der Waals surface area contributed by atoms with E-state index in [4.69, 9.17) is 37.0 Å². The molecule has 0 fully saturated rings. The van der Waals surface area contributed by atoms with Crippen LogP contribution in [-0.4, -0.2) is 96.7 Å². The average Bonchev–Trinajstić information content (AvgIpc) is 0.969. The quantitative estimate of drug-likeness (QED) is 0.0169. The van der Waals surface area contributed by atoms with Crippen molar-refractivity contribution < 1.29 is 80.2 Å². The first-order valence-electron chi connectivity index (χ1n) is 37.8. The molecule has 0 aromatic heterocycles. The number of aliphatic hydroxyl groups excluding tert-OH is 1. The Kier molecular flexibility index (Phi) is 67.6. The van der Waals surface area contributed by atoms with Gasteiger partial charge >= 0.3 is 39.5 Å². The lowest BCUT2D eigenvalue weighted by Gasteiger charge is -2.21. The predicted octanol–water partition coefficient (Wildman–Crippen LogP) is 21.6. The van der Waals surface area contributed by atoms with E-state index in [1.807, 2.05) is 12.2 Å². The summed E-state index contributed by atoms with van der Waals surface area (Å²) in [6, 6.07) is 0. The van der Waals surface area contributed by atoms with Crippen molar-refractivity contribution >= 4 is 39.5 Å². The highest BCUT2D eigenvalue weighted by molar-refractivity contribution is 7.47. The molecule has 0 amide bonds. The van der Waals surface area contributed by atoms with Crippen molar-refractivity contribution in [3.8, 4) is 0 Å². The van der Waals surface area contributed by atoms with Gasteiger partial charge in [-0.1, -0.05) is 246 Å². The Bertz CT molecular complexity index is 2340. The SMILES string of the molecule is CC/C=C\C/C=C\C/C=C\C/C=C\C/C=C\CCCC(=O)OCC(COP(=O)(O)OCC(O)COP(=O)(O)OCC(COC(=O)CCCCCCC/C=C\C/C=C\C/C=C\CC)OC(=O)CCCCCCC/C=C\CCCCCC)OC(=O)CCCCCCC/C=C\CCCCCC. The van der Waals surface area contributed by atoms with Gasteiger partial charge in [0.15, 0.2) is 12.2 Å². The fraction of sp³-hybridized carbons (Fsp3) is 0.696. The van der Waals surface area contributed by atoms with Crippen molar-refractivity contribution in [3.63, 3.8) is 0 Å². The molecule has 3 N–H and O–H groups in total. The van der Waals surface area contributed by atoms with E-state index in [1.54, 1.807) is 0 Å². The molecule has 0 saturated carbocycles. The van der Waals surface area contributed by atoms with E-state index in [0.717, 1.165) is 161 Å². The minimum Gasteiger partial charge on any atom is -0.462 e. The lowest BCUT2D eigenvalue weighted by Crippen LogP contribution is -2.30. The zero-order valence-electron chi connectivity index (χ0n) is 61.2. The summed E-state index contributed by atoms with van der Waals surface area (Å²) in [7, 11) is -9.97. The van der Waals surface area contributed by atoms with Crippen LogP contribution in [0.2, 0.25) is 0 Å². The number of phosphoric acid groups is 2. The molecule has 0 radical (unpaired) electrons. The summed E-state index contributed by atoms with van der Waals surface area (Å²) in [5, 5.41) is 10.6. The fourth-order valence-electron chi connectivity index (χ4n) is 9.67. The number of phosphoric ester groups is 2. The van der Waals surface area contributed by atoms with Crippen LogP contribution >= 0.6 is 15.6 Å². The Labute approximate surface area is 593 Å². The zero-order valence-corrected chi connectivity index (χ0v) is 63.0. The van der Waals surface area contributed by atoms with Gasteiger partial charge in [-0.15, -0.1) is 0 Å². The van der Waals surface area contributed by atoms with Gasteiger partial charge in [-0.3, -0.25) is 37.3 Å². The van der Waals surface area contributed by atoms with Crippen LogP contribution < -0.4 is 0 Å². The van der Waals surface area contributed by atoms with Crippen LogP contribution in [0, 0.1) is 0 Å². The third-order valence-corrected chi connectivity index (χ3v) is 17.3. The number of rotatable bonds is 70. The third-order valence-electron chi connectivity index (χ3n) is 15.4. The van der Waals surface area contributed by atoms with Gasteiger partial charge in [-0.05, 0) is 148 Å². The highest BCUT2D eigenvalue weighted by Crippen LogP contribution is 2.45. The highest BCUT2D eigenvalue weighted by atomic mass is 31.2. The van der Waals surface area contributed by atoms with E-state index in [-0.39, 0.29) is 25.7 Å². The first-order chi connectivity index (χ1) is 47.7. The second-order valence-electron chi connectivity index (χ2n) is 24.8. The summed E-state index contributed by atoms with van der Waals surface area (Å²) in [4.78, 5) is 72.8. The summed E-state index contributed by atoms with van der Waals surface area (Å²) in [5.41, 5.74) is 0. The maximum atomic E-state index is 13.1. The van der Waals surface area contributed by atoms with Crippen LogP contribution in [0.25, 0.3) is 0 Å². The van der Waals surface area contributed by atoms with Crippen LogP contribution in [0.1, 0.15) is 297 Å². The fourth-order valence-corrected chi connectivity index (χ4v) is 11.2. The molecule has 0 spiro atoms. The van der Waals surface area contributed by atoms with E-state index in [0.29, 0.717) is 32.1 Å². The number of esters is 4. The first kappa shape index (κ1) is 93.5. The average molecular weight is 1420 g/mol. The Morgan fingerprint density at radius 1 is 0.296 bits per heavy atom. The van der Waals surface area contributed by atoms with E-state index in [9.17, 15) is 43.2 Å². The van der Waals surface area contributed by atoms with E-state index in [2.05, 4.69) is 137 Å². The van der Waals surface area contributed by atoms with Crippen molar-refractivity contribution in [2.45, 2.75) is 316 Å². The molecule has 98 heavy (non-hydrogen) atoms. The Balaban J connectivity index is 5.41. The molecule has 0 aliphatic carbocycles. The van der Waals surface area contributed by atoms with Gasteiger partial charge in [0.25, 0.3) is 0 Å². The lowest BCUT2D eigenvalue weighted by atomic mass is 10.1. The number of hydrogen-bond donors (Lipinski definition) is 3. The van der Waals surface area contributed by atoms with Crippen LogP contribution in [0.5, 0.6) is 0 Å². The van der Waals surface area contributed by atoms with Crippen LogP contribution in [0.4, 0.5) is 0 Å². The van der Waals surface area contributed by atoms with E-state index >= 15 is 0 Å². The summed E-state index contributed by atoms with van der Waals surface area (Å²) < 4.78 is 68.3. The summed E-state index contributed by atoms with van der Waals surface area (Å²) in [6.07, 6.45) is 76.3. The second kappa shape index (κ2) is 70.9. The molecular formula is C79H134O17P2. The molecule has 5 atom stereocenters. The van der Waals surface area contributed by atoms with Crippen molar-refractivity contribution in [3.05, 3.63) is 122 Å². The highest BCUT2D eigenvalue weighted by Gasteiger charge is 2.30. The van der Waals surface area contributed by atoms with E-state index < -0.39 is 97.5 Å². The molecule has 5 unspecified atom stereocenters. The van der Waals surface area contributed by atoms with Crippen LogP contribution in [-0.2, 0) is 65.4 Å². The maximum Gasteiger partial charge on any atom is 0.472 e. The largest absolute Gasteiger partial charge is 0.472 e. The van der Waals surface area contributed by atoms with Crippen LogP contribution in [0.3, 0.4) is 0 Å². The molecule has 0 heterocycles. The number of ether oxygens (including phenoxy) is 4. The van der Waals surface area contributed by atoms with Gasteiger partial charge < -0.3 is 33.8 Å². The topological polar surface area (TPSA) is 237 Å². The molecule has 0 aromatic rings. The molecule has 0 aliphatic rings. The van der Waals surface area contributed by atoms with Crippen molar-refractivity contribution in [1.82, 2.24) is 0 Å². The van der Waals surface area contributed by atoms with Gasteiger partial charge in [0.2, 0.25) is 0 Å². The minimum atomic E-state index is -4.99. The molecular weight excluding hydrogens is 1280 g/mol. The van der Waals surface area contributed by atoms with Crippen molar-refractivity contribution in [1.29, 1.82) is 0 Å². The van der Waals surface area contributed by atoms with Gasteiger partial charge in [0.1, 0.15) is 19.3 Å². The molecule has 0 aliphatic heterocycles. The molecule has 0 rings (SSSR count). The summed E-state index contributed by atoms with van der Waals surface area (Å²) in [6.45, 7) is 4.51. The van der Waals surface area contributed by atoms with Crippen LogP contribution in [0.15, 0.2) is 122 Å². The van der Waals surface area contributed by atoms with E-state index in [1.165, 1.54) is 51.4 Å². The van der Waals surface area contributed by atoms with Gasteiger partial charge in [0, 0.05) is 25.7 Å². The normalized spacial score (nSPS) is 14.6. The number of carbonyl (C=O) groups excluding carboxylic acids is 4. The monoisotopic (exact) mass is 1420 g/mol. The standard InChI is InChI=1S/C79H134O17P2/c1-5-9-13-17-21-25-29-33-35-36-38-42-44-48-52-56-60-64-77(82)90-70-75(96-79(84)66-62-58-54-50-46-40-32-28-24-20-16-12-8-4)72-94-98(87,88)92-68-73(80)67-91-97(85,86)93-71-74(95-78(83)65-61-57-53-49-45-39-31-27-23-19-15-11-7-3)69-89-76(81)63-59-55-51-47-43-41-37-34-30-26-22-18-14-10-6-2/h9-10,13-14,21-22,25-28,31-35,37-38,42,48,52,73-75,80H,5-8,11-12,15-20,23-24,29-30,36,39-41,43-47,49-51,53-72H2,1-4H3,(H,85,86)(H,87,88)/b13-9-,14-10-,25-21-,26-22-,31-27-,32-28-,35-33-,37-34-,42-38-,52-48-. The number of carbonyl (C=O) groups is 4. The minimum absolute atomic E-state index is 0.0704. The maximum absolute atomic E-state index is 13.1. The summed E-state index contributed by atoms with van der Waals surface area (Å²) in [5.74, 6) is -2.28. The third kappa shape index (κ3) is 69.9. The van der Waals surface area contributed by atoms with Gasteiger partial charge in [-0.25, -0.2) is 9.13 Å². The molecule has 0 saturated heterocycles. The Hall–Kier alpha value is -4.54. The van der Waals surface area contributed by atoms with Gasteiger partial charge in [0.05, 0.1) is 26.4 Å². The number of hydrogen-bond acceptors (Lipinski definition) is 15. The summed E-state index contributed by atoms with van der Waals surface area (Å²) >= 11 is 0. The molecule has 0 bridgehead atoms. The van der Waals surface area contributed by atoms with Gasteiger partial charge in [-0.2, -0.15) is 0 Å². The van der Waals surface area contributed by atoms with Crippen molar-refractivity contribution in [2.24, 2.45) is 0 Å². The molecule has 17 nitrogen and oxygen atoms in total. The smallest absolute Gasteiger partial charge is 0.462 e. The van der Waals surface area contributed by atoms with Crippen molar-refractivity contribution in [2.75, 3.05) is 39.6 Å². The second-order valence-corrected chi connectivity index (χ2v) is 27.7. The lowest BCUT2D eigenvalue weighted by molar-refractivity contribution is -0.161. The number of aliphatic hydroxyl groups is 1. The molecule has 0 aromatic carbocycles. The number of allylic oxidation sites excluding steroid dienone is 20.